The molecule has 30 heavy (non-hydrogen) atoms. The minimum absolute atomic E-state index is 0.0512. The Morgan fingerprint density at radius 2 is 1.70 bits per heavy atom. The Hall–Kier alpha value is -2.15. The van der Waals surface area contributed by atoms with Gasteiger partial charge in [0.1, 0.15) is 6.07 Å². The van der Waals surface area contributed by atoms with Crippen LogP contribution >= 0.6 is 34.5 Å². The number of thiazole rings is 1. The zero-order chi connectivity index (χ0) is 21.3. The molecule has 0 radical (unpaired) electrons. The van der Waals surface area contributed by atoms with Crippen LogP contribution in [0.15, 0.2) is 52.7 Å². The second kappa shape index (κ2) is 8.53. The molecule has 1 aromatic heterocycles. The van der Waals surface area contributed by atoms with Gasteiger partial charge in [0.05, 0.1) is 16.2 Å². The fourth-order valence-corrected chi connectivity index (χ4v) is 6.27. The van der Waals surface area contributed by atoms with Crippen LogP contribution in [0.25, 0.3) is 11.3 Å². The summed E-state index contributed by atoms with van der Waals surface area (Å²) in [4.78, 5) is 6.78. The molecule has 1 saturated heterocycles. The van der Waals surface area contributed by atoms with E-state index in [9.17, 15) is 13.7 Å². The van der Waals surface area contributed by atoms with Crippen LogP contribution in [-0.2, 0) is 10.0 Å². The van der Waals surface area contributed by atoms with E-state index in [1.807, 2.05) is 23.6 Å². The third kappa shape index (κ3) is 4.17. The van der Waals surface area contributed by atoms with Crippen LogP contribution in [0.2, 0.25) is 10.0 Å². The summed E-state index contributed by atoms with van der Waals surface area (Å²) in [5, 5.41) is 13.1. The molecule has 0 aliphatic carbocycles. The quantitative estimate of drug-likeness (QED) is 0.551. The second-order valence-electron chi connectivity index (χ2n) is 6.67. The van der Waals surface area contributed by atoms with E-state index in [1.165, 1.54) is 27.8 Å². The SMILES string of the molecule is N#Cc1ccccc1S(=O)(=O)N1CCN(c2nc(-c3cc(Cl)cc(Cl)c3)cs2)CC1. The third-order valence-electron chi connectivity index (χ3n) is 4.78. The van der Waals surface area contributed by atoms with Crippen LogP contribution in [0.1, 0.15) is 5.56 Å². The number of halogens is 2. The lowest BCUT2D eigenvalue weighted by atomic mass is 10.2. The number of aromatic nitrogens is 1. The summed E-state index contributed by atoms with van der Waals surface area (Å²) in [6, 6.07) is 13.5. The normalized spacial score (nSPS) is 15.2. The molecule has 10 heteroatoms. The van der Waals surface area contributed by atoms with Crippen LogP contribution in [0, 0.1) is 11.3 Å². The topological polar surface area (TPSA) is 77.3 Å². The zero-order valence-corrected chi connectivity index (χ0v) is 18.8. The standard InChI is InChI=1S/C20H16Cl2N4O2S2/c21-16-9-15(10-17(22)11-16)18-13-29-20(24-18)25-5-7-26(8-6-25)30(27,28)19-4-2-1-3-14(19)12-23/h1-4,9-11,13H,5-8H2. The van der Waals surface area contributed by atoms with Gasteiger partial charge in [-0.15, -0.1) is 11.3 Å². The van der Waals surface area contributed by atoms with Crippen molar-refractivity contribution in [2.24, 2.45) is 0 Å². The maximum Gasteiger partial charge on any atom is 0.244 e. The number of hydrogen-bond donors (Lipinski definition) is 0. The summed E-state index contributed by atoms with van der Waals surface area (Å²) in [7, 11) is -3.72. The predicted octanol–water partition coefficient (Wildman–Crippen LogP) is 4.50. The minimum Gasteiger partial charge on any atom is -0.345 e. The molecule has 0 bridgehead atoms. The molecular formula is C20H16Cl2N4O2S2. The van der Waals surface area contributed by atoms with Crippen LogP contribution in [0.5, 0.6) is 0 Å². The molecule has 1 fully saturated rings. The first-order chi connectivity index (χ1) is 14.4. The lowest BCUT2D eigenvalue weighted by Gasteiger charge is -2.33. The van der Waals surface area contributed by atoms with Gasteiger partial charge in [0.2, 0.25) is 10.0 Å². The van der Waals surface area contributed by atoms with Crippen molar-refractivity contribution in [2.45, 2.75) is 4.90 Å². The summed E-state index contributed by atoms with van der Waals surface area (Å²) in [6.45, 7) is 1.66. The van der Waals surface area contributed by atoms with Crippen molar-refractivity contribution in [3.8, 4) is 17.3 Å². The lowest BCUT2D eigenvalue weighted by molar-refractivity contribution is 0.384. The van der Waals surface area contributed by atoms with Crippen molar-refractivity contribution in [1.29, 1.82) is 5.26 Å². The van der Waals surface area contributed by atoms with Gasteiger partial charge in [-0.1, -0.05) is 35.3 Å². The molecule has 4 rings (SSSR count). The summed E-state index contributed by atoms with van der Waals surface area (Å²) in [6.07, 6.45) is 0. The van der Waals surface area contributed by atoms with Crippen molar-refractivity contribution in [3.63, 3.8) is 0 Å². The van der Waals surface area contributed by atoms with Gasteiger partial charge in [-0.05, 0) is 30.3 Å². The Morgan fingerprint density at radius 1 is 1.03 bits per heavy atom. The third-order valence-corrected chi connectivity index (χ3v) is 8.08. The summed E-state index contributed by atoms with van der Waals surface area (Å²) >= 11 is 13.7. The average molecular weight is 479 g/mol. The zero-order valence-electron chi connectivity index (χ0n) is 15.6. The van der Waals surface area contributed by atoms with E-state index >= 15 is 0 Å². The molecule has 0 unspecified atom stereocenters. The first kappa shape index (κ1) is 21.1. The van der Waals surface area contributed by atoms with Crippen LogP contribution in [0.3, 0.4) is 0 Å². The Kier molecular flexibility index (Phi) is 6.00. The molecule has 0 amide bonds. The van der Waals surface area contributed by atoms with E-state index in [1.54, 1.807) is 18.2 Å². The van der Waals surface area contributed by atoms with E-state index in [0.717, 1.165) is 16.4 Å². The highest BCUT2D eigenvalue weighted by Crippen LogP contribution is 2.32. The second-order valence-corrected chi connectivity index (χ2v) is 10.3. The van der Waals surface area contributed by atoms with Crippen LogP contribution in [0.4, 0.5) is 5.13 Å². The molecular weight excluding hydrogens is 463 g/mol. The first-order valence-electron chi connectivity index (χ1n) is 9.05. The Morgan fingerprint density at radius 3 is 2.37 bits per heavy atom. The molecule has 0 atom stereocenters. The van der Waals surface area contributed by atoms with Gasteiger partial charge in [-0.3, -0.25) is 0 Å². The maximum absolute atomic E-state index is 13.0. The molecule has 6 nitrogen and oxygen atoms in total. The number of sulfonamides is 1. The van der Waals surface area contributed by atoms with Crippen molar-refractivity contribution in [1.82, 2.24) is 9.29 Å². The molecule has 1 aliphatic rings. The molecule has 2 heterocycles. The molecule has 0 spiro atoms. The van der Waals surface area contributed by atoms with Crippen molar-refractivity contribution in [3.05, 3.63) is 63.5 Å². The van der Waals surface area contributed by atoms with E-state index in [2.05, 4.69) is 9.88 Å². The van der Waals surface area contributed by atoms with E-state index in [-0.39, 0.29) is 10.5 Å². The minimum atomic E-state index is -3.72. The van der Waals surface area contributed by atoms with E-state index < -0.39 is 10.0 Å². The molecule has 1 aliphatic heterocycles. The van der Waals surface area contributed by atoms with Gasteiger partial charge in [0.25, 0.3) is 0 Å². The summed E-state index contributed by atoms with van der Waals surface area (Å²) in [5.74, 6) is 0. The van der Waals surface area contributed by atoms with Crippen molar-refractivity contribution in [2.75, 3.05) is 31.1 Å². The number of benzene rings is 2. The van der Waals surface area contributed by atoms with Crippen molar-refractivity contribution >= 4 is 49.7 Å². The van der Waals surface area contributed by atoms with E-state index in [4.69, 9.17) is 23.2 Å². The highest BCUT2D eigenvalue weighted by molar-refractivity contribution is 7.89. The maximum atomic E-state index is 13.0. The number of nitrogens with zero attached hydrogens (tertiary/aromatic N) is 4. The number of hydrogen-bond acceptors (Lipinski definition) is 6. The average Bonchev–Trinajstić information content (AvgIpc) is 3.23. The summed E-state index contributed by atoms with van der Waals surface area (Å²) in [5.41, 5.74) is 1.77. The molecule has 154 valence electrons. The van der Waals surface area contributed by atoms with Gasteiger partial charge < -0.3 is 4.90 Å². The monoisotopic (exact) mass is 478 g/mol. The van der Waals surface area contributed by atoms with Gasteiger partial charge in [-0.2, -0.15) is 9.57 Å². The molecule has 0 N–H and O–H groups in total. The van der Waals surface area contributed by atoms with Gasteiger partial charge in [-0.25, -0.2) is 13.4 Å². The largest absolute Gasteiger partial charge is 0.345 e. The van der Waals surface area contributed by atoms with Gasteiger partial charge >= 0.3 is 0 Å². The number of nitriles is 1. The number of piperazine rings is 1. The summed E-state index contributed by atoms with van der Waals surface area (Å²) < 4.78 is 27.4. The lowest BCUT2D eigenvalue weighted by Crippen LogP contribution is -2.48. The highest BCUT2D eigenvalue weighted by Gasteiger charge is 2.31. The Bertz CT molecular complexity index is 1210. The highest BCUT2D eigenvalue weighted by atomic mass is 35.5. The molecule has 0 saturated carbocycles. The Labute approximate surface area is 189 Å². The predicted molar refractivity (Wildman–Crippen MR) is 120 cm³/mol. The van der Waals surface area contributed by atoms with Gasteiger partial charge in [0.15, 0.2) is 5.13 Å². The van der Waals surface area contributed by atoms with Crippen molar-refractivity contribution < 1.29 is 8.42 Å². The van der Waals surface area contributed by atoms with Gasteiger partial charge in [0, 0.05) is 47.2 Å². The first-order valence-corrected chi connectivity index (χ1v) is 12.1. The van der Waals surface area contributed by atoms with Crippen LogP contribution < -0.4 is 4.90 Å². The number of rotatable bonds is 4. The van der Waals surface area contributed by atoms with Crippen LogP contribution in [-0.4, -0.2) is 43.9 Å². The van der Waals surface area contributed by atoms with E-state index in [0.29, 0.717) is 36.2 Å². The Balaban J connectivity index is 1.49. The molecule has 2 aromatic carbocycles. The fourth-order valence-electron chi connectivity index (χ4n) is 3.29. The number of anilines is 1. The smallest absolute Gasteiger partial charge is 0.244 e. The fraction of sp³-hybridized carbons (Fsp3) is 0.200. The molecule has 3 aromatic rings.